The third-order valence-electron chi connectivity index (χ3n) is 6.14. The number of methoxy groups -OCH3 is 5. The van der Waals surface area contributed by atoms with Crippen molar-refractivity contribution in [3.05, 3.63) is 83.4 Å². The van der Waals surface area contributed by atoms with Crippen molar-refractivity contribution in [1.82, 2.24) is 0 Å². The van der Waals surface area contributed by atoms with Gasteiger partial charge in [0.25, 0.3) is 0 Å². The third-order valence-corrected chi connectivity index (χ3v) is 6.14. The molecule has 0 saturated carbocycles. The Morgan fingerprint density at radius 3 is 1.66 bits per heavy atom. The summed E-state index contributed by atoms with van der Waals surface area (Å²) in [6.07, 6.45) is 0. The monoisotopic (exact) mass is 432 g/mol. The summed E-state index contributed by atoms with van der Waals surface area (Å²) >= 11 is 0. The molecule has 0 unspecified atom stereocenters. The van der Waals surface area contributed by atoms with Crippen molar-refractivity contribution in [2.75, 3.05) is 35.5 Å². The van der Waals surface area contributed by atoms with Crippen molar-refractivity contribution >= 4 is 5.57 Å². The molecule has 0 N–H and O–H groups in total. The highest BCUT2D eigenvalue weighted by Gasteiger charge is 2.40. The highest BCUT2D eigenvalue weighted by atomic mass is 16.5. The summed E-state index contributed by atoms with van der Waals surface area (Å²) in [5.41, 5.74) is 5.32. The molecule has 32 heavy (non-hydrogen) atoms. The Morgan fingerprint density at radius 2 is 1.12 bits per heavy atom. The zero-order chi connectivity index (χ0) is 22.8. The minimum absolute atomic E-state index is 0.0129. The maximum atomic E-state index is 5.82. The van der Waals surface area contributed by atoms with Crippen LogP contribution in [-0.2, 0) is 0 Å². The Morgan fingerprint density at radius 1 is 0.562 bits per heavy atom. The molecule has 0 aromatic heterocycles. The summed E-state index contributed by atoms with van der Waals surface area (Å²) in [5, 5.41) is 0. The van der Waals surface area contributed by atoms with Gasteiger partial charge in [-0.05, 0) is 52.6 Å². The van der Waals surface area contributed by atoms with Crippen LogP contribution in [0.2, 0.25) is 0 Å². The van der Waals surface area contributed by atoms with E-state index in [9.17, 15) is 0 Å². The summed E-state index contributed by atoms with van der Waals surface area (Å²) in [7, 11) is 8.33. The summed E-state index contributed by atoms with van der Waals surface area (Å²) in [5.74, 6) is 3.75. The summed E-state index contributed by atoms with van der Waals surface area (Å²) < 4.78 is 27.8. The second-order valence-corrected chi connectivity index (χ2v) is 7.69. The fourth-order valence-corrected chi connectivity index (χ4v) is 4.58. The van der Waals surface area contributed by atoms with Crippen LogP contribution in [0, 0.1) is 0 Å². The first-order valence-electron chi connectivity index (χ1n) is 10.4. The molecule has 0 saturated heterocycles. The first kappa shape index (κ1) is 21.6. The van der Waals surface area contributed by atoms with Gasteiger partial charge >= 0.3 is 0 Å². The number of hydrogen-bond donors (Lipinski definition) is 0. The van der Waals surface area contributed by atoms with Gasteiger partial charge in [-0.1, -0.05) is 18.7 Å². The van der Waals surface area contributed by atoms with E-state index in [1.54, 1.807) is 35.5 Å². The minimum atomic E-state index is -0.0385. The van der Waals surface area contributed by atoms with E-state index >= 15 is 0 Å². The molecule has 1 aliphatic carbocycles. The number of rotatable bonds is 7. The molecular weight excluding hydrogens is 404 g/mol. The van der Waals surface area contributed by atoms with Gasteiger partial charge in [0.15, 0.2) is 0 Å². The number of hydrogen-bond acceptors (Lipinski definition) is 5. The zero-order valence-electron chi connectivity index (χ0n) is 19.1. The van der Waals surface area contributed by atoms with Gasteiger partial charge < -0.3 is 23.7 Å². The van der Waals surface area contributed by atoms with Gasteiger partial charge in [-0.15, -0.1) is 0 Å². The van der Waals surface area contributed by atoms with Crippen LogP contribution < -0.4 is 23.7 Å². The van der Waals surface area contributed by atoms with Crippen LogP contribution in [0.4, 0.5) is 0 Å². The van der Waals surface area contributed by atoms with Gasteiger partial charge in [-0.3, -0.25) is 0 Å². The predicted molar refractivity (Wildman–Crippen MR) is 126 cm³/mol. The standard InChI is InChI=1S/C27H28O5/c1-16-23-14-22(31-5)15-24(32-6)27(23)26(17-7-9-19(28-2)10-8-17)25(16)18-11-20(29-3)13-21(12-18)30-4/h7-15,25-26H,1H2,2-6H3/t25-,26-/m0/s1. The van der Waals surface area contributed by atoms with Crippen molar-refractivity contribution < 1.29 is 23.7 Å². The zero-order valence-corrected chi connectivity index (χ0v) is 19.1. The van der Waals surface area contributed by atoms with Crippen molar-refractivity contribution in [3.63, 3.8) is 0 Å². The lowest BCUT2D eigenvalue weighted by molar-refractivity contribution is 0.389. The topological polar surface area (TPSA) is 46.2 Å². The average molecular weight is 433 g/mol. The molecule has 4 rings (SSSR count). The van der Waals surface area contributed by atoms with E-state index in [-0.39, 0.29) is 11.8 Å². The fraction of sp³-hybridized carbons (Fsp3) is 0.259. The molecule has 0 aliphatic heterocycles. The summed E-state index contributed by atoms with van der Waals surface area (Å²) in [6.45, 7) is 4.51. The van der Waals surface area contributed by atoms with Gasteiger partial charge in [0.1, 0.15) is 28.7 Å². The maximum Gasteiger partial charge on any atom is 0.127 e. The Hall–Kier alpha value is -3.60. The van der Waals surface area contributed by atoms with E-state index < -0.39 is 0 Å². The molecule has 0 heterocycles. The highest BCUT2D eigenvalue weighted by Crippen LogP contribution is 2.58. The first-order chi connectivity index (χ1) is 15.5. The molecule has 5 heteroatoms. The van der Waals surface area contributed by atoms with Crippen LogP contribution in [-0.4, -0.2) is 35.5 Å². The van der Waals surface area contributed by atoms with Crippen molar-refractivity contribution in [3.8, 4) is 28.7 Å². The molecule has 1 aliphatic rings. The maximum absolute atomic E-state index is 5.82. The number of allylic oxidation sites excluding steroid dienone is 1. The van der Waals surface area contributed by atoms with E-state index in [2.05, 4.69) is 18.7 Å². The Bertz CT molecular complexity index is 1110. The smallest absolute Gasteiger partial charge is 0.127 e. The Labute approximate surface area is 189 Å². The van der Waals surface area contributed by atoms with Crippen molar-refractivity contribution in [1.29, 1.82) is 0 Å². The van der Waals surface area contributed by atoms with Gasteiger partial charge in [0, 0.05) is 29.5 Å². The van der Waals surface area contributed by atoms with E-state index in [0.29, 0.717) is 0 Å². The van der Waals surface area contributed by atoms with Crippen LogP contribution in [0.3, 0.4) is 0 Å². The van der Waals surface area contributed by atoms with Crippen LogP contribution >= 0.6 is 0 Å². The quantitative estimate of drug-likeness (QED) is 0.481. The lowest BCUT2D eigenvalue weighted by Crippen LogP contribution is -2.09. The third kappa shape index (κ3) is 3.64. The molecule has 5 nitrogen and oxygen atoms in total. The van der Waals surface area contributed by atoms with E-state index in [1.165, 1.54) is 0 Å². The molecule has 0 fully saturated rings. The highest BCUT2D eigenvalue weighted by molar-refractivity contribution is 5.83. The van der Waals surface area contributed by atoms with Crippen LogP contribution in [0.5, 0.6) is 28.7 Å². The molecule has 0 amide bonds. The van der Waals surface area contributed by atoms with Crippen LogP contribution in [0.15, 0.2) is 61.2 Å². The van der Waals surface area contributed by atoms with Crippen LogP contribution in [0.25, 0.3) is 5.57 Å². The van der Waals surface area contributed by atoms with Gasteiger partial charge in [-0.2, -0.15) is 0 Å². The molecular formula is C27H28O5. The van der Waals surface area contributed by atoms with Gasteiger partial charge in [0.05, 0.1) is 35.5 Å². The molecule has 0 spiro atoms. The first-order valence-corrected chi connectivity index (χ1v) is 10.4. The fourth-order valence-electron chi connectivity index (χ4n) is 4.58. The Balaban J connectivity index is 1.96. The number of benzene rings is 3. The largest absolute Gasteiger partial charge is 0.497 e. The number of ether oxygens (including phenoxy) is 5. The summed E-state index contributed by atoms with van der Waals surface area (Å²) in [4.78, 5) is 0. The number of fused-ring (bicyclic) bond motifs is 1. The SMILES string of the molecule is C=C1c2cc(OC)cc(OC)c2[C@@H](c2ccc(OC)cc2)[C@@H]1c1cc(OC)cc(OC)c1. The lowest BCUT2D eigenvalue weighted by Gasteiger charge is -2.24. The van der Waals surface area contributed by atoms with Crippen molar-refractivity contribution in [2.45, 2.75) is 11.8 Å². The van der Waals surface area contributed by atoms with E-state index in [1.807, 2.05) is 42.5 Å². The second kappa shape index (κ2) is 8.87. The van der Waals surface area contributed by atoms with Gasteiger partial charge in [-0.25, -0.2) is 0 Å². The molecule has 2 atom stereocenters. The molecule has 3 aromatic rings. The Kier molecular flexibility index (Phi) is 5.99. The normalized spacial score (nSPS) is 17.0. The second-order valence-electron chi connectivity index (χ2n) is 7.69. The van der Waals surface area contributed by atoms with Crippen LogP contribution in [0.1, 0.15) is 34.1 Å². The minimum Gasteiger partial charge on any atom is -0.497 e. The lowest BCUT2D eigenvalue weighted by atomic mass is 9.80. The van der Waals surface area contributed by atoms with Crippen molar-refractivity contribution in [2.24, 2.45) is 0 Å². The molecule has 3 aromatic carbocycles. The predicted octanol–water partition coefficient (Wildman–Crippen LogP) is 5.67. The molecule has 0 bridgehead atoms. The van der Waals surface area contributed by atoms with Gasteiger partial charge in [0.2, 0.25) is 0 Å². The average Bonchev–Trinajstić information content (AvgIpc) is 3.15. The summed E-state index contributed by atoms with van der Waals surface area (Å²) in [6, 6.07) is 18.1. The molecule has 166 valence electrons. The van der Waals surface area contributed by atoms with E-state index in [4.69, 9.17) is 23.7 Å². The molecule has 0 radical (unpaired) electrons. The van der Waals surface area contributed by atoms with E-state index in [0.717, 1.165) is 56.6 Å².